The Labute approximate surface area is 235 Å². The first-order chi connectivity index (χ1) is 18.9. The summed E-state index contributed by atoms with van der Waals surface area (Å²) in [7, 11) is -1.27. The molecule has 4 aromatic carbocycles. The first-order valence-electron chi connectivity index (χ1n) is 13.7. The lowest BCUT2D eigenvalue weighted by molar-refractivity contribution is 0.0242. The van der Waals surface area contributed by atoms with Gasteiger partial charge in [-0.3, -0.25) is 0 Å². The highest BCUT2D eigenvalue weighted by molar-refractivity contribution is 7.74. The fourth-order valence-electron chi connectivity index (χ4n) is 5.33. The van der Waals surface area contributed by atoms with Crippen LogP contribution in [0.15, 0.2) is 121 Å². The highest BCUT2D eigenvalue weighted by Gasteiger charge is 2.42. The Morgan fingerprint density at radius 3 is 1.54 bits per heavy atom. The number of carbonyl (C=O) groups is 1. The van der Waals surface area contributed by atoms with E-state index in [1.807, 2.05) is 20.8 Å². The third-order valence-electron chi connectivity index (χ3n) is 6.98. The number of hydrogen-bond donors (Lipinski definition) is 0. The number of benzene rings is 4. The molecule has 0 spiro atoms. The molecule has 4 aromatic rings. The number of amides is 1. The molecule has 1 heterocycles. The lowest BCUT2D eigenvalue weighted by Crippen LogP contribution is -2.42. The van der Waals surface area contributed by atoms with Crippen LogP contribution in [0.25, 0.3) is 0 Å². The van der Waals surface area contributed by atoms with Gasteiger partial charge in [0.05, 0.1) is 0 Å². The molecule has 2 atom stereocenters. The van der Waals surface area contributed by atoms with E-state index in [0.717, 1.165) is 12.6 Å². The summed E-state index contributed by atoms with van der Waals surface area (Å²) in [6.45, 7) is 6.57. The van der Waals surface area contributed by atoms with Crippen LogP contribution in [0, 0.1) is 0 Å². The summed E-state index contributed by atoms with van der Waals surface area (Å²) < 4.78 is 5.99. The zero-order chi connectivity index (χ0) is 27.2. The zero-order valence-corrected chi connectivity index (χ0v) is 24.8. The molecule has 5 heteroatoms. The predicted molar refractivity (Wildman–Crippen MR) is 168 cm³/mol. The van der Waals surface area contributed by atoms with Crippen LogP contribution < -0.4 is 21.2 Å². The predicted octanol–water partition coefficient (Wildman–Crippen LogP) is 6.63. The SMILES string of the molecule is CC(C)(C)OC(=O)N1CC(P(c2ccccc2)c2ccccc2)CC1CP(c1ccccc1)c1ccccc1. The van der Waals surface area contributed by atoms with Crippen molar-refractivity contribution < 1.29 is 9.53 Å². The van der Waals surface area contributed by atoms with E-state index in [1.165, 1.54) is 21.2 Å². The Balaban J connectivity index is 1.51. The van der Waals surface area contributed by atoms with Gasteiger partial charge in [-0.05, 0) is 70.4 Å². The molecule has 5 rings (SSSR count). The van der Waals surface area contributed by atoms with E-state index in [0.29, 0.717) is 12.2 Å². The fraction of sp³-hybridized carbons (Fsp3) is 0.265. The number of hydrogen-bond acceptors (Lipinski definition) is 2. The van der Waals surface area contributed by atoms with Crippen molar-refractivity contribution in [2.45, 2.75) is 44.5 Å². The zero-order valence-electron chi connectivity index (χ0n) is 23.0. The second-order valence-electron chi connectivity index (χ2n) is 11.0. The molecule has 200 valence electrons. The van der Waals surface area contributed by atoms with Gasteiger partial charge in [-0.1, -0.05) is 121 Å². The Hall–Kier alpha value is -2.99. The summed E-state index contributed by atoms with van der Waals surface area (Å²) in [4.78, 5) is 15.7. The van der Waals surface area contributed by atoms with E-state index in [4.69, 9.17) is 4.74 Å². The largest absolute Gasteiger partial charge is 0.444 e. The standard InChI is InChI=1S/C34H37NO2P2/c1-34(2,3)37-33(36)35-25-32(39(30-20-12-6-13-21-30)31-22-14-7-15-23-31)24-27(35)26-38(28-16-8-4-9-17-28)29-18-10-5-11-19-29/h4-23,27,32H,24-26H2,1-3H3. The van der Waals surface area contributed by atoms with Crippen molar-refractivity contribution in [3.8, 4) is 0 Å². The molecule has 1 aliphatic rings. The minimum atomic E-state index is -0.639. The van der Waals surface area contributed by atoms with E-state index in [-0.39, 0.29) is 12.1 Å². The number of nitrogens with zero attached hydrogens (tertiary/aromatic N) is 1. The number of rotatable bonds is 7. The van der Waals surface area contributed by atoms with Crippen molar-refractivity contribution in [1.29, 1.82) is 0 Å². The maximum absolute atomic E-state index is 13.7. The third-order valence-corrected chi connectivity index (χ3v) is 12.4. The highest BCUT2D eigenvalue weighted by Crippen LogP contribution is 2.48. The van der Waals surface area contributed by atoms with Crippen LogP contribution in [-0.2, 0) is 4.74 Å². The Kier molecular flexibility index (Phi) is 8.81. The van der Waals surface area contributed by atoms with Gasteiger partial charge in [0.25, 0.3) is 0 Å². The quantitative estimate of drug-likeness (QED) is 0.241. The maximum Gasteiger partial charge on any atom is 0.410 e. The average Bonchev–Trinajstić information content (AvgIpc) is 3.36. The van der Waals surface area contributed by atoms with Crippen LogP contribution in [-0.4, -0.2) is 41.0 Å². The van der Waals surface area contributed by atoms with E-state index < -0.39 is 21.4 Å². The average molecular weight is 554 g/mol. The second kappa shape index (κ2) is 12.5. The first-order valence-corrected chi connectivity index (χ1v) is 16.6. The highest BCUT2D eigenvalue weighted by atomic mass is 31.1. The van der Waals surface area contributed by atoms with Gasteiger partial charge >= 0.3 is 6.09 Å². The molecule has 0 aliphatic carbocycles. The van der Waals surface area contributed by atoms with Gasteiger partial charge in [0.1, 0.15) is 5.60 Å². The minimum absolute atomic E-state index is 0.105. The molecular formula is C34H37NO2P2. The lowest BCUT2D eigenvalue weighted by Gasteiger charge is -2.31. The number of likely N-dealkylation sites (tertiary alicyclic amines) is 1. The number of carbonyl (C=O) groups excluding carboxylic acids is 1. The Morgan fingerprint density at radius 1 is 0.718 bits per heavy atom. The third kappa shape index (κ3) is 6.96. The summed E-state index contributed by atoms with van der Waals surface area (Å²) in [6, 6.07) is 43.4. The summed E-state index contributed by atoms with van der Waals surface area (Å²) in [5.41, 5.74) is -0.182. The van der Waals surface area contributed by atoms with Crippen LogP contribution >= 0.6 is 15.8 Å². The first kappa shape index (κ1) is 27.6. The Morgan fingerprint density at radius 2 is 1.13 bits per heavy atom. The van der Waals surface area contributed by atoms with Gasteiger partial charge in [-0.15, -0.1) is 0 Å². The molecule has 2 unspecified atom stereocenters. The normalized spacial score (nSPS) is 17.5. The lowest BCUT2D eigenvalue weighted by atomic mass is 10.2. The van der Waals surface area contributed by atoms with Crippen molar-refractivity contribution in [2.24, 2.45) is 0 Å². The molecule has 1 saturated heterocycles. The molecule has 0 N–H and O–H groups in total. The molecular weight excluding hydrogens is 516 g/mol. The Bertz CT molecular complexity index is 1250. The molecule has 1 aliphatic heterocycles. The van der Waals surface area contributed by atoms with Crippen LogP contribution in [0.4, 0.5) is 4.79 Å². The molecule has 0 saturated carbocycles. The minimum Gasteiger partial charge on any atom is -0.444 e. The molecule has 39 heavy (non-hydrogen) atoms. The molecule has 0 radical (unpaired) electrons. The van der Waals surface area contributed by atoms with Crippen LogP contribution in [0.1, 0.15) is 27.2 Å². The molecule has 3 nitrogen and oxygen atoms in total. The van der Waals surface area contributed by atoms with E-state index in [9.17, 15) is 4.79 Å². The van der Waals surface area contributed by atoms with E-state index in [1.54, 1.807) is 0 Å². The van der Waals surface area contributed by atoms with Crippen molar-refractivity contribution in [2.75, 3.05) is 12.7 Å². The van der Waals surface area contributed by atoms with E-state index in [2.05, 4.69) is 126 Å². The van der Waals surface area contributed by atoms with Gasteiger partial charge in [0.2, 0.25) is 0 Å². The summed E-state index contributed by atoms with van der Waals surface area (Å²) in [5, 5.41) is 5.42. The summed E-state index contributed by atoms with van der Waals surface area (Å²) >= 11 is 0. The van der Waals surface area contributed by atoms with Crippen LogP contribution in [0.3, 0.4) is 0 Å². The molecule has 0 aromatic heterocycles. The van der Waals surface area contributed by atoms with Crippen molar-refractivity contribution in [3.05, 3.63) is 121 Å². The summed E-state index contributed by atoms with van der Waals surface area (Å²) in [5.74, 6) is 0. The molecule has 1 amide bonds. The van der Waals surface area contributed by atoms with E-state index >= 15 is 0 Å². The van der Waals surface area contributed by atoms with Crippen LogP contribution in [0.5, 0.6) is 0 Å². The fourth-order valence-corrected chi connectivity index (χ4v) is 10.8. The van der Waals surface area contributed by atoms with Crippen molar-refractivity contribution >= 4 is 43.2 Å². The summed E-state index contributed by atoms with van der Waals surface area (Å²) in [6.07, 6.45) is 1.70. The van der Waals surface area contributed by atoms with Crippen molar-refractivity contribution in [1.82, 2.24) is 4.90 Å². The number of ether oxygens (including phenoxy) is 1. The van der Waals surface area contributed by atoms with Gasteiger partial charge in [0.15, 0.2) is 0 Å². The maximum atomic E-state index is 13.7. The molecule has 1 fully saturated rings. The monoisotopic (exact) mass is 553 g/mol. The van der Waals surface area contributed by atoms with Crippen molar-refractivity contribution in [3.63, 3.8) is 0 Å². The smallest absolute Gasteiger partial charge is 0.410 e. The van der Waals surface area contributed by atoms with Crippen LogP contribution in [0.2, 0.25) is 0 Å². The van der Waals surface area contributed by atoms with Gasteiger partial charge in [-0.25, -0.2) is 4.79 Å². The van der Waals surface area contributed by atoms with Gasteiger partial charge in [0, 0.05) is 18.2 Å². The van der Waals surface area contributed by atoms with Gasteiger partial charge < -0.3 is 9.64 Å². The second-order valence-corrected chi connectivity index (χ2v) is 15.8. The molecule has 0 bridgehead atoms. The van der Waals surface area contributed by atoms with Gasteiger partial charge in [-0.2, -0.15) is 0 Å². The topological polar surface area (TPSA) is 29.5 Å².